The van der Waals surface area contributed by atoms with Crippen LogP contribution in [0.3, 0.4) is 0 Å². The minimum absolute atomic E-state index is 0.0231. The van der Waals surface area contributed by atoms with Gasteiger partial charge in [0, 0.05) is 11.6 Å². The second kappa shape index (κ2) is 10.2. The molecule has 2 saturated heterocycles. The first-order chi connectivity index (χ1) is 15.5. The number of nitrogens with zero attached hydrogens (tertiary/aromatic N) is 3. The van der Waals surface area contributed by atoms with E-state index < -0.39 is 0 Å². The average Bonchev–Trinajstić information content (AvgIpc) is 3.41. The van der Waals surface area contributed by atoms with Crippen molar-refractivity contribution in [3.8, 4) is 0 Å². The Morgan fingerprint density at radius 2 is 1.91 bits per heavy atom. The molecule has 0 amide bonds. The maximum absolute atomic E-state index is 8.10. The Morgan fingerprint density at radius 1 is 1.22 bits per heavy atom. The van der Waals surface area contributed by atoms with Crippen LogP contribution in [0.2, 0.25) is 0 Å². The van der Waals surface area contributed by atoms with Gasteiger partial charge in [0.2, 0.25) is 0 Å². The molecule has 4 aliphatic rings. The van der Waals surface area contributed by atoms with Gasteiger partial charge in [-0.2, -0.15) is 0 Å². The summed E-state index contributed by atoms with van der Waals surface area (Å²) in [5, 5.41) is 10.6. The van der Waals surface area contributed by atoms with E-state index in [1.54, 1.807) is 0 Å². The van der Waals surface area contributed by atoms with Gasteiger partial charge in [0.15, 0.2) is 11.6 Å². The Labute approximate surface area is 192 Å². The molecule has 0 aromatic carbocycles. The van der Waals surface area contributed by atoms with Gasteiger partial charge >= 0.3 is 0 Å². The normalized spacial score (nSPS) is 25.6. The van der Waals surface area contributed by atoms with Gasteiger partial charge < -0.3 is 9.47 Å². The van der Waals surface area contributed by atoms with Crippen LogP contribution < -0.4 is 5.43 Å². The van der Waals surface area contributed by atoms with Crippen LogP contribution in [0.5, 0.6) is 0 Å². The molecule has 7 heteroatoms. The zero-order valence-corrected chi connectivity index (χ0v) is 19.9. The minimum Gasteiger partial charge on any atom is -0.487 e. The molecule has 0 atom stereocenters. The second-order valence-electron chi connectivity index (χ2n) is 9.77. The van der Waals surface area contributed by atoms with Crippen LogP contribution in [0.25, 0.3) is 0 Å². The van der Waals surface area contributed by atoms with Crippen molar-refractivity contribution in [1.82, 2.24) is 15.3 Å². The van der Waals surface area contributed by atoms with Crippen molar-refractivity contribution in [3.05, 3.63) is 34.9 Å². The van der Waals surface area contributed by atoms with Crippen LogP contribution in [0.15, 0.2) is 39.9 Å². The summed E-state index contributed by atoms with van der Waals surface area (Å²) in [6.45, 7) is 13.6. The summed E-state index contributed by atoms with van der Waals surface area (Å²) in [4.78, 5) is 6.39. The Morgan fingerprint density at radius 3 is 2.47 bits per heavy atom. The SMILES string of the molecule is C=NC(=N)C(=CC(C)=C1C=C(C2CCN(C3COC3)CC2)N(C2CCCC2)N1)OC(C)C. The van der Waals surface area contributed by atoms with Crippen LogP contribution >= 0.6 is 0 Å². The molecule has 0 unspecified atom stereocenters. The Balaban J connectivity index is 1.55. The van der Waals surface area contributed by atoms with Crippen molar-refractivity contribution >= 4 is 12.6 Å². The van der Waals surface area contributed by atoms with E-state index in [2.05, 4.69) is 40.0 Å². The lowest BCUT2D eigenvalue weighted by molar-refractivity contribution is -0.0734. The third-order valence-electron chi connectivity index (χ3n) is 7.11. The van der Waals surface area contributed by atoms with Gasteiger partial charge in [-0.3, -0.25) is 20.7 Å². The molecule has 3 aliphatic heterocycles. The van der Waals surface area contributed by atoms with Gasteiger partial charge in [0.25, 0.3) is 0 Å². The molecule has 3 heterocycles. The molecule has 4 rings (SSSR count). The first-order valence-electron chi connectivity index (χ1n) is 12.2. The van der Waals surface area contributed by atoms with Gasteiger partial charge in [0.1, 0.15) is 0 Å². The second-order valence-corrected chi connectivity index (χ2v) is 9.77. The van der Waals surface area contributed by atoms with E-state index in [-0.39, 0.29) is 11.9 Å². The highest BCUT2D eigenvalue weighted by atomic mass is 16.5. The number of nitrogens with one attached hydrogen (secondary N) is 2. The lowest BCUT2D eigenvalue weighted by Gasteiger charge is -2.43. The fourth-order valence-corrected chi connectivity index (χ4v) is 5.18. The number of ether oxygens (including phenoxy) is 2. The summed E-state index contributed by atoms with van der Waals surface area (Å²) < 4.78 is 11.2. The molecule has 0 aromatic rings. The lowest BCUT2D eigenvalue weighted by Crippen LogP contribution is -2.52. The number of hydrazine groups is 1. The van der Waals surface area contributed by atoms with E-state index in [0.29, 0.717) is 23.8 Å². The van der Waals surface area contributed by atoms with E-state index in [4.69, 9.17) is 14.9 Å². The third kappa shape index (κ3) is 5.09. The minimum atomic E-state index is -0.0231. The standard InChI is InChI=1S/C25H39N5O2/c1-17(2)32-24(25(26)27-4)13-18(3)22-14-23(30(28-22)20-7-5-6-8-20)19-9-11-29(12-10-19)21-15-31-16-21/h13-14,17,19-21,26,28H,4-12,15-16H2,1-3H3. The van der Waals surface area contributed by atoms with Gasteiger partial charge in [-0.05, 0) is 84.0 Å². The van der Waals surface area contributed by atoms with Gasteiger partial charge in [0.05, 0.1) is 37.1 Å². The van der Waals surface area contributed by atoms with E-state index in [1.165, 1.54) is 44.2 Å². The van der Waals surface area contributed by atoms with Crippen molar-refractivity contribution < 1.29 is 9.47 Å². The molecule has 1 aliphatic carbocycles. The summed E-state index contributed by atoms with van der Waals surface area (Å²) >= 11 is 0. The van der Waals surface area contributed by atoms with Crippen LogP contribution in [0, 0.1) is 11.3 Å². The van der Waals surface area contributed by atoms with Gasteiger partial charge in [-0.15, -0.1) is 0 Å². The number of aliphatic imine (C=N–C) groups is 1. The van der Waals surface area contributed by atoms with Crippen LogP contribution in [-0.2, 0) is 9.47 Å². The molecule has 32 heavy (non-hydrogen) atoms. The van der Waals surface area contributed by atoms with E-state index >= 15 is 0 Å². The highest BCUT2D eigenvalue weighted by molar-refractivity contribution is 5.97. The lowest BCUT2D eigenvalue weighted by atomic mass is 9.91. The van der Waals surface area contributed by atoms with Crippen LogP contribution in [-0.4, -0.2) is 67.0 Å². The maximum Gasteiger partial charge on any atom is 0.186 e. The molecular weight excluding hydrogens is 402 g/mol. The zero-order chi connectivity index (χ0) is 22.7. The first kappa shape index (κ1) is 23.1. The summed E-state index contributed by atoms with van der Waals surface area (Å²) in [5.74, 6) is 1.11. The fourth-order valence-electron chi connectivity index (χ4n) is 5.18. The predicted octanol–water partition coefficient (Wildman–Crippen LogP) is 4.00. The Bertz CT molecular complexity index is 797. The van der Waals surface area contributed by atoms with Crippen molar-refractivity contribution in [2.45, 2.75) is 77.5 Å². The number of hydrogen-bond acceptors (Lipinski definition) is 6. The van der Waals surface area contributed by atoms with Crippen molar-refractivity contribution in [1.29, 1.82) is 5.41 Å². The molecule has 0 radical (unpaired) electrons. The summed E-state index contributed by atoms with van der Waals surface area (Å²) in [6.07, 6.45) is 11.7. The average molecular weight is 442 g/mol. The maximum atomic E-state index is 8.10. The van der Waals surface area contributed by atoms with E-state index in [9.17, 15) is 0 Å². The largest absolute Gasteiger partial charge is 0.487 e. The summed E-state index contributed by atoms with van der Waals surface area (Å²) in [7, 11) is 0. The Hall–Kier alpha value is -2.12. The topological polar surface area (TPSA) is 73.2 Å². The van der Waals surface area contributed by atoms with Crippen LogP contribution in [0.1, 0.15) is 59.3 Å². The number of piperidine rings is 1. The molecular formula is C25H39N5O2. The molecule has 176 valence electrons. The highest BCUT2D eigenvalue weighted by Gasteiger charge is 2.36. The third-order valence-corrected chi connectivity index (χ3v) is 7.11. The molecule has 0 spiro atoms. The molecule has 0 aromatic heterocycles. The number of hydrogen-bond donors (Lipinski definition) is 2. The fraction of sp³-hybridized carbons (Fsp3) is 0.680. The zero-order valence-electron chi connectivity index (χ0n) is 19.9. The smallest absolute Gasteiger partial charge is 0.186 e. The number of amidine groups is 1. The van der Waals surface area contributed by atoms with Crippen LogP contribution in [0.4, 0.5) is 0 Å². The number of rotatable bonds is 7. The molecule has 7 nitrogen and oxygen atoms in total. The number of allylic oxidation sites excluding steroid dienone is 4. The van der Waals surface area contributed by atoms with Crippen molar-refractivity contribution in [3.63, 3.8) is 0 Å². The van der Waals surface area contributed by atoms with Crippen molar-refractivity contribution in [2.75, 3.05) is 26.3 Å². The van der Waals surface area contributed by atoms with Crippen molar-refractivity contribution in [2.24, 2.45) is 10.9 Å². The highest BCUT2D eigenvalue weighted by Crippen LogP contribution is 2.37. The summed E-state index contributed by atoms with van der Waals surface area (Å²) in [5.41, 5.74) is 7.31. The Kier molecular flexibility index (Phi) is 7.36. The monoisotopic (exact) mass is 441 g/mol. The molecule has 0 bridgehead atoms. The first-order valence-corrected chi connectivity index (χ1v) is 12.2. The van der Waals surface area contributed by atoms with Gasteiger partial charge in [-0.25, -0.2) is 4.99 Å². The van der Waals surface area contributed by atoms with E-state index in [1.807, 2.05) is 19.9 Å². The summed E-state index contributed by atoms with van der Waals surface area (Å²) in [6, 6.07) is 1.20. The number of likely N-dealkylation sites (tertiary alicyclic amines) is 1. The quantitative estimate of drug-likeness (QED) is 0.355. The van der Waals surface area contributed by atoms with E-state index in [0.717, 1.165) is 37.6 Å². The molecule has 2 N–H and O–H groups in total. The molecule has 3 fully saturated rings. The molecule has 1 saturated carbocycles. The van der Waals surface area contributed by atoms with Gasteiger partial charge in [-0.1, -0.05) is 12.8 Å². The predicted molar refractivity (Wildman–Crippen MR) is 128 cm³/mol.